The zero-order valence-electron chi connectivity index (χ0n) is 24.2. The van der Waals surface area contributed by atoms with Crippen molar-refractivity contribution in [3.8, 4) is 11.4 Å². The minimum Gasteiger partial charge on any atom is -0.353 e. The van der Waals surface area contributed by atoms with Gasteiger partial charge in [0.2, 0.25) is 17.7 Å². The monoisotopic (exact) mass is 574 g/mol. The molecule has 0 aliphatic carbocycles. The SMILES string of the molecule is CC(C)C[C@H]1NC(=O)CCCN(C(=O)c2ccncc2)CCNC(=O)Cn2nc(-c3ccccc3)nc2[C@H](C)NC1=O. The minimum atomic E-state index is -0.751. The lowest BCUT2D eigenvalue weighted by molar-refractivity contribution is -0.129. The molecule has 12 nitrogen and oxygen atoms in total. The molecule has 3 N–H and O–H groups in total. The van der Waals surface area contributed by atoms with Gasteiger partial charge in [-0.25, -0.2) is 9.67 Å². The summed E-state index contributed by atoms with van der Waals surface area (Å²) >= 11 is 0. The van der Waals surface area contributed by atoms with Crippen molar-refractivity contribution in [1.82, 2.24) is 40.6 Å². The number of hydrogen-bond acceptors (Lipinski definition) is 7. The van der Waals surface area contributed by atoms with E-state index >= 15 is 0 Å². The fourth-order valence-electron chi connectivity index (χ4n) is 4.79. The molecule has 1 aromatic carbocycles. The average Bonchev–Trinajstić information content (AvgIpc) is 3.39. The van der Waals surface area contributed by atoms with Crippen molar-refractivity contribution in [1.29, 1.82) is 0 Å². The minimum absolute atomic E-state index is 0.125. The Morgan fingerprint density at radius 3 is 2.45 bits per heavy atom. The number of carbonyl (C=O) groups excluding carboxylic acids is 4. The van der Waals surface area contributed by atoms with E-state index in [1.807, 2.05) is 44.2 Å². The molecule has 0 unspecified atom stereocenters. The molecule has 0 fully saturated rings. The number of nitrogens with zero attached hydrogens (tertiary/aromatic N) is 5. The molecule has 0 saturated heterocycles. The van der Waals surface area contributed by atoms with E-state index < -0.39 is 12.1 Å². The van der Waals surface area contributed by atoms with Crippen molar-refractivity contribution in [3.63, 3.8) is 0 Å². The third-order valence-electron chi connectivity index (χ3n) is 6.88. The molecule has 1 aliphatic heterocycles. The third-order valence-corrected chi connectivity index (χ3v) is 6.88. The molecule has 2 aromatic heterocycles. The molecule has 222 valence electrons. The molecule has 1 aliphatic rings. The Bertz CT molecular complexity index is 1380. The number of benzene rings is 1. The summed E-state index contributed by atoms with van der Waals surface area (Å²) in [6.45, 7) is 6.37. The number of carbonyl (C=O) groups is 4. The summed E-state index contributed by atoms with van der Waals surface area (Å²) in [6.07, 6.45) is 4.06. The second-order valence-corrected chi connectivity index (χ2v) is 10.8. The van der Waals surface area contributed by atoms with E-state index in [0.717, 1.165) is 5.56 Å². The van der Waals surface area contributed by atoms with Crippen LogP contribution >= 0.6 is 0 Å². The highest BCUT2D eigenvalue weighted by atomic mass is 16.2. The van der Waals surface area contributed by atoms with Gasteiger partial charge in [0, 0.05) is 49.6 Å². The third kappa shape index (κ3) is 8.21. The summed E-state index contributed by atoms with van der Waals surface area (Å²) in [5, 5.41) is 13.3. The molecule has 2 atom stereocenters. The van der Waals surface area contributed by atoms with E-state index in [-0.39, 0.29) is 55.6 Å². The lowest BCUT2D eigenvalue weighted by Crippen LogP contribution is -2.48. The fourth-order valence-corrected chi connectivity index (χ4v) is 4.79. The second kappa shape index (κ2) is 14.3. The molecule has 0 bridgehead atoms. The molecule has 0 radical (unpaired) electrons. The zero-order chi connectivity index (χ0) is 30.1. The van der Waals surface area contributed by atoms with Gasteiger partial charge in [0.05, 0.1) is 6.04 Å². The van der Waals surface area contributed by atoms with Gasteiger partial charge in [-0.2, -0.15) is 5.10 Å². The largest absolute Gasteiger partial charge is 0.353 e. The molecule has 12 heteroatoms. The first-order valence-corrected chi connectivity index (χ1v) is 14.3. The van der Waals surface area contributed by atoms with Crippen molar-refractivity contribution in [2.24, 2.45) is 5.92 Å². The van der Waals surface area contributed by atoms with Gasteiger partial charge in [0.15, 0.2) is 5.82 Å². The quantitative estimate of drug-likeness (QED) is 0.432. The highest BCUT2D eigenvalue weighted by Gasteiger charge is 2.27. The van der Waals surface area contributed by atoms with Crippen molar-refractivity contribution in [2.45, 2.75) is 58.7 Å². The first-order chi connectivity index (χ1) is 20.2. The summed E-state index contributed by atoms with van der Waals surface area (Å²) < 4.78 is 1.48. The maximum atomic E-state index is 13.4. The Balaban J connectivity index is 1.62. The van der Waals surface area contributed by atoms with E-state index in [0.29, 0.717) is 36.6 Å². The Kier molecular flexibility index (Phi) is 10.4. The molecule has 0 saturated carbocycles. The van der Waals surface area contributed by atoms with Crippen molar-refractivity contribution in [3.05, 3.63) is 66.2 Å². The summed E-state index contributed by atoms with van der Waals surface area (Å²) in [6, 6.07) is 11.3. The molecular formula is C30H38N8O4. The Morgan fingerprint density at radius 2 is 1.74 bits per heavy atom. The summed E-state index contributed by atoms with van der Waals surface area (Å²) in [4.78, 5) is 62.8. The van der Waals surface area contributed by atoms with Gasteiger partial charge in [-0.3, -0.25) is 24.2 Å². The van der Waals surface area contributed by atoms with Gasteiger partial charge in [0.25, 0.3) is 5.91 Å². The van der Waals surface area contributed by atoms with E-state index in [4.69, 9.17) is 0 Å². The number of hydrogen-bond donors (Lipinski definition) is 3. The molecule has 3 heterocycles. The van der Waals surface area contributed by atoms with E-state index in [1.165, 1.54) is 4.68 Å². The Morgan fingerprint density at radius 1 is 1.00 bits per heavy atom. The van der Waals surface area contributed by atoms with Gasteiger partial charge in [-0.1, -0.05) is 44.2 Å². The summed E-state index contributed by atoms with van der Waals surface area (Å²) in [7, 11) is 0. The topological polar surface area (TPSA) is 151 Å². The van der Waals surface area contributed by atoms with Crippen molar-refractivity contribution < 1.29 is 19.2 Å². The molecule has 3 aromatic rings. The van der Waals surface area contributed by atoms with Gasteiger partial charge >= 0.3 is 0 Å². The number of pyridine rings is 1. The van der Waals surface area contributed by atoms with Crippen LogP contribution in [0, 0.1) is 5.92 Å². The van der Waals surface area contributed by atoms with Gasteiger partial charge in [-0.15, -0.1) is 0 Å². The Hall–Kier alpha value is -4.61. The Labute approximate surface area is 245 Å². The lowest BCUT2D eigenvalue weighted by atomic mass is 10.0. The standard InChI is InChI=1S/C30H38N8O4/c1-20(2)18-24-29(41)33-21(3)28-35-27(22-8-5-4-6-9-22)36-38(28)19-26(40)32-15-17-37(16-7-10-25(39)34-24)30(42)23-11-13-31-14-12-23/h4-6,8-9,11-14,20-21,24H,7,10,15-19H2,1-3H3,(H,32,40)(H,33,41)(H,34,39)/t21-,24+/m0/s1. The van der Waals surface area contributed by atoms with E-state index in [9.17, 15) is 19.2 Å². The number of rotatable bonds is 4. The second-order valence-electron chi connectivity index (χ2n) is 10.8. The highest BCUT2D eigenvalue weighted by Crippen LogP contribution is 2.19. The van der Waals surface area contributed by atoms with Crippen LogP contribution < -0.4 is 16.0 Å². The number of amides is 4. The number of aromatic nitrogens is 4. The van der Waals surface area contributed by atoms with E-state index in [2.05, 4.69) is 31.0 Å². The number of fused-ring (bicyclic) bond motifs is 1. The lowest BCUT2D eigenvalue weighted by Gasteiger charge is -2.24. The molecule has 4 amide bonds. The normalized spacial score (nSPS) is 19.3. The van der Waals surface area contributed by atoms with Crippen molar-refractivity contribution in [2.75, 3.05) is 19.6 Å². The molecule has 0 spiro atoms. The first kappa shape index (κ1) is 30.4. The first-order valence-electron chi connectivity index (χ1n) is 14.3. The van der Waals surface area contributed by atoms with Crippen molar-refractivity contribution >= 4 is 23.6 Å². The van der Waals surface area contributed by atoms with Crippen LogP contribution in [-0.2, 0) is 20.9 Å². The predicted molar refractivity (Wildman–Crippen MR) is 156 cm³/mol. The number of nitrogens with one attached hydrogen (secondary N) is 3. The van der Waals surface area contributed by atoms with Gasteiger partial charge in [0.1, 0.15) is 18.4 Å². The summed E-state index contributed by atoms with van der Waals surface area (Å²) in [5.74, 6) is -0.163. The van der Waals surface area contributed by atoms with Crippen LogP contribution in [0.5, 0.6) is 0 Å². The van der Waals surface area contributed by atoms with Crippen LogP contribution in [-0.4, -0.2) is 74.0 Å². The molecular weight excluding hydrogens is 536 g/mol. The van der Waals surface area contributed by atoms with Crippen LogP contribution in [0.3, 0.4) is 0 Å². The molecule has 4 rings (SSSR count). The molecule has 42 heavy (non-hydrogen) atoms. The summed E-state index contributed by atoms with van der Waals surface area (Å²) in [5.41, 5.74) is 1.24. The van der Waals surface area contributed by atoms with Crippen LogP contribution in [0.25, 0.3) is 11.4 Å². The van der Waals surface area contributed by atoms with Gasteiger partial charge < -0.3 is 20.9 Å². The van der Waals surface area contributed by atoms with E-state index in [1.54, 1.807) is 36.4 Å². The maximum Gasteiger partial charge on any atom is 0.254 e. The van der Waals surface area contributed by atoms with Crippen LogP contribution in [0.2, 0.25) is 0 Å². The highest BCUT2D eigenvalue weighted by molar-refractivity contribution is 5.94. The van der Waals surface area contributed by atoms with Crippen LogP contribution in [0.1, 0.15) is 62.3 Å². The maximum absolute atomic E-state index is 13.4. The predicted octanol–water partition coefficient (Wildman–Crippen LogP) is 2.10. The zero-order valence-corrected chi connectivity index (χ0v) is 24.2. The fraction of sp³-hybridized carbons (Fsp3) is 0.433. The van der Waals surface area contributed by atoms with Crippen LogP contribution in [0.15, 0.2) is 54.9 Å². The van der Waals surface area contributed by atoms with Crippen LogP contribution in [0.4, 0.5) is 0 Å². The smallest absolute Gasteiger partial charge is 0.254 e. The average molecular weight is 575 g/mol. The van der Waals surface area contributed by atoms with Gasteiger partial charge in [-0.05, 0) is 37.8 Å².